The molecule has 416 valence electrons. The maximum absolute atomic E-state index is 3.06. The van der Waals surface area contributed by atoms with Crippen LogP contribution in [0.2, 0.25) is 0 Å². The molecule has 16 aromatic rings. The van der Waals surface area contributed by atoms with Crippen molar-refractivity contribution in [3.05, 3.63) is 293 Å². The molecule has 0 aliphatic carbocycles. The molecule has 0 bridgehead atoms. The van der Waals surface area contributed by atoms with Crippen molar-refractivity contribution in [1.82, 2.24) is 0 Å². The van der Waals surface area contributed by atoms with E-state index >= 15 is 0 Å². The molecule has 0 heterocycles. The van der Waals surface area contributed by atoms with Gasteiger partial charge in [-0.1, -0.05) is 282 Å². The van der Waals surface area contributed by atoms with Gasteiger partial charge in [-0.05, 0) is 144 Å². The van der Waals surface area contributed by atoms with Gasteiger partial charge < -0.3 is 14.9 Å². The molecule has 16 aromatic carbocycles. The Kier molecular flexibility index (Phi) is 15.5. The van der Waals surface area contributed by atoms with E-state index in [1.165, 1.54) is 187 Å². The van der Waals surface area contributed by atoms with Gasteiger partial charge in [0.15, 0.2) is 0 Å². The van der Waals surface area contributed by atoms with E-state index in [9.17, 15) is 0 Å². The summed E-state index contributed by atoms with van der Waals surface area (Å²) in [5, 5.41) is 25.9. The van der Waals surface area contributed by atoms with Crippen molar-refractivity contribution < 1.29 is 23.3 Å². The Morgan fingerprint density at radius 3 is 0.640 bits per heavy atom. The zero-order valence-electron chi connectivity index (χ0n) is 50.4. The minimum absolute atomic E-state index is 0. The van der Waals surface area contributed by atoms with Gasteiger partial charge in [-0.2, -0.15) is 12.1 Å². The van der Waals surface area contributed by atoms with Crippen LogP contribution in [-0.4, -0.2) is 6.88 Å². The molecule has 0 fully saturated rings. The zero-order valence-corrected chi connectivity index (χ0v) is 53.9. The van der Waals surface area contributed by atoms with E-state index in [1.807, 2.05) is 0 Å². The van der Waals surface area contributed by atoms with Crippen LogP contribution in [0.1, 0.15) is 52.7 Å². The van der Waals surface area contributed by atoms with Gasteiger partial charge in [-0.25, -0.2) is 0 Å². The van der Waals surface area contributed by atoms with Crippen LogP contribution in [0.4, 0.5) is 0 Å². The Bertz CT molecular complexity index is 4410. The van der Waals surface area contributed by atoms with Crippen LogP contribution in [0.5, 0.6) is 0 Å². The van der Waals surface area contributed by atoms with Crippen LogP contribution in [0.3, 0.4) is 0 Å². The van der Waals surface area contributed by atoms with E-state index in [2.05, 4.69) is 315 Å². The van der Waals surface area contributed by atoms with Gasteiger partial charge in [0.1, 0.15) is 0 Å². The standard InChI is InChI=1S/2C41H31.2CH3.Si.Zr/c2*1-41(2,3)30-24-37-35(39-31-16-8-4-12-26(31)22-27-13-5-9-17-32(27)39)20-21-36(38(37)25-30)40-33-18-10-6-14-28(33)23-29-15-7-11-19-34(29)40;;;;/h2*4-25H,1-3H3;2*1H3;;/q4*-1;;. The van der Waals surface area contributed by atoms with Crippen molar-refractivity contribution in [3.63, 3.8) is 0 Å². The fourth-order valence-electron chi connectivity index (χ4n) is 13.6. The second-order valence-electron chi connectivity index (χ2n) is 24.7. The number of hydrogen-bond donors (Lipinski definition) is 0. The molecule has 16 rings (SSSR count). The number of rotatable bonds is 4. The topological polar surface area (TPSA) is 0 Å². The van der Waals surface area contributed by atoms with E-state index < -0.39 is 0 Å². The summed E-state index contributed by atoms with van der Waals surface area (Å²) in [5.41, 5.74) is 13.3. The van der Waals surface area contributed by atoms with Gasteiger partial charge in [-0.3, -0.25) is 0 Å². The monoisotopic (exact) mass is 1190 g/mol. The number of benzene rings is 14. The molecule has 0 saturated carbocycles. The third-order valence-corrected chi connectivity index (χ3v) is 17.7. The molecule has 0 aromatic heterocycles. The van der Waals surface area contributed by atoms with Gasteiger partial charge in [-0.15, -0.1) is 44.8 Å². The molecule has 0 aliphatic heterocycles. The van der Waals surface area contributed by atoms with Crippen molar-refractivity contribution in [2.24, 2.45) is 0 Å². The Morgan fingerprint density at radius 1 is 0.244 bits per heavy atom. The third-order valence-electron chi connectivity index (χ3n) is 17.7. The second-order valence-corrected chi connectivity index (χ2v) is 24.7. The fourth-order valence-corrected chi connectivity index (χ4v) is 13.6. The molecule has 86 heavy (non-hydrogen) atoms. The van der Waals surface area contributed by atoms with E-state index in [-0.39, 0.29) is 25.7 Å². The SMILES string of the molecule is CC(C)(C)c1cc2c(-c3c4ccccc4cc4ccccc34)ccc(-c3c4ccccc4cc4ccccc34)c2[cH-]1.CC(C)(C)c1cc2c(-c3c4ccccc4cc4ccccc34)ccc(-c3c4ccccc4cc4ccccc34)c2[cH-]1.[CH3-].[CH3-].[Si]=[Zr]. The molecule has 0 saturated heterocycles. The molecule has 0 N–H and O–H groups in total. The molecular formula is C84H68SiZr-4. The van der Waals surface area contributed by atoms with Crippen LogP contribution in [0.15, 0.2) is 267 Å². The predicted octanol–water partition coefficient (Wildman–Crippen LogP) is 24.1. The first-order valence-electron chi connectivity index (χ1n) is 29.3. The van der Waals surface area contributed by atoms with Crippen LogP contribution in [0.25, 0.3) is 152 Å². The predicted molar refractivity (Wildman–Crippen MR) is 377 cm³/mol. The first kappa shape index (κ1) is 57.9. The van der Waals surface area contributed by atoms with Gasteiger partial charge in [0, 0.05) is 0 Å². The van der Waals surface area contributed by atoms with Crippen molar-refractivity contribution in [3.8, 4) is 44.5 Å². The summed E-state index contributed by atoms with van der Waals surface area (Å²) in [7, 11) is 0. The normalized spacial score (nSPS) is 11.7. The van der Waals surface area contributed by atoms with Gasteiger partial charge in [0.05, 0.1) is 0 Å². The van der Waals surface area contributed by atoms with E-state index in [4.69, 9.17) is 0 Å². The molecule has 0 amide bonds. The summed E-state index contributed by atoms with van der Waals surface area (Å²) >= 11 is 1.36. The Hall–Kier alpha value is -8.52. The summed E-state index contributed by atoms with van der Waals surface area (Å²) in [4.78, 5) is 0. The van der Waals surface area contributed by atoms with E-state index in [0.717, 1.165) is 0 Å². The molecule has 0 nitrogen and oxygen atoms in total. The molecule has 0 aliphatic rings. The molecule has 2 heteroatoms. The van der Waals surface area contributed by atoms with Gasteiger partial charge >= 0.3 is 30.2 Å². The molecule has 0 spiro atoms. The fraction of sp³-hybridized carbons (Fsp3) is 0.0952. The first-order valence-corrected chi connectivity index (χ1v) is 33.5. The van der Waals surface area contributed by atoms with Crippen molar-refractivity contribution >= 4 is 115 Å². The molecular weight excluding hydrogens is 1130 g/mol. The summed E-state index contributed by atoms with van der Waals surface area (Å²) in [6.07, 6.45) is 0. The maximum atomic E-state index is 3.06. The molecule has 0 unspecified atom stereocenters. The van der Waals surface area contributed by atoms with Crippen LogP contribution < -0.4 is 0 Å². The summed E-state index contributed by atoms with van der Waals surface area (Å²) in [6.45, 7) is 17.0. The van der Waals surface area contributed by atoms with Crippen molar-refractivity contribution in [2.45, 2.75) is 52.4 Å². The Morgan fingerprint density at radius 2 is 0.430 bits per heavy atom. The third kappa shape index (κ3) is 9.92. The Balaban J connectivity index is 0.000000160. The summed E-state index contributed by atoms with van der Waals surface area (Å²) in [5.74, 6) is 0. The second kappa shape index (κ2) is 23.1. The average molecular weight is 1200 g/mol. The quantitative estimate of drug-likeness (QED) is 0.0936. The molecule has 0 atom stereocenters. The zero-order chi connectivity index (χ0) is 57.4. The first-order chi connectivity index (χ1) is 40.9. The number of fused-ring (bicyclic) bond motifs is 10. The van der Waals surface area contributed by atoms with E-state index in [1.54, 1.807) is 0 Å². The van der Waals surface area contributed by atoms with Crippen LogP contribution in [-0.2, 0) is 34.2 Å². The van der Waals surface area contributed by atoms with E-state index in [0.29, 0.717) is 0 Å². The van der Waals surface area contributed by atoms with Crippen LogP contribution >= 0.6 is 0 Å². The average Bonchev–Trinajstić information content (AvgIpc) is 1.50. The van der Waals surface area contributed by atoms with Crippen LogP contribution in [0, 0.1) is 14.9 Å². The number of hydrogen-bond acceptors (Lipinski definition) is 0. The van der Waals surface area contributed by atoms with Gasteiger partial charge in [0.2, 0.25) is 0 Å². The summed E-state index contributed by atoms with van der Waals surface area (Å²) < 4.78 is 0. The summed E-state index contributed by atoms with van der Waals surface area (Å²) in [6, 6.07) is 99.3. The van der Waals surface area contributed by atoms with Gasteiger partial charge in [0.25, 0.3) is 0 Å². The van der Waals surface area contributed by atoms with Crippen molar-refractivity contribution in [1.29, 1.82) is 0 Å². The minimum atomic E-state index is 0. The molecule has 2 radical (unpaired) electrons. The Labute approximate surface area is 523 Å². The van der Waals surface area contributed by atoms with Crippen molar-refractivity contribution in [2.75, 3.05) is 0 Å².